The normalized spacial score (nSPS) is 9.56. The van der Waals surface area contributed by atoms with Crippen molar-refractivity contribution in [3.63, 3.8) is 0 Å². The van der Waals surface area contributed by atoms with Crippen molar-refractivity contribution in [2.24, 2.45) is 0 Å². The fraction of sp³-hybridized carbons (Fsp3) is 0.200. The standard InChI is InChI=1S/C5H6N2S2/c1-4-6-3-2-5(7-4)9-8/h2-3,8H,1H3. The van der Waals surface area contributed by atoms with Crippen LogP contribution < -0.4 is 0 Å². The van der Waals surface area contributed by atoms with Crippen molar-refractivity contribution in [1.82, 2.24) is 9.97 Å². The predicted molar refractivity (Wildman–Crippen MR) is 41.6 cm³/mol. The first-order valence-corrected chi connectivity index (χ1v) is 4.31. The van der Waals surface area contributed by atoms with E-state index in [9.17, 15) is 0 Å². The Labute approximate surface area is 62.9 Å². The number of hydrogen-bond donors (Lipinski definition) is 1. The summed E-state index contributed by atoms with van der Waals surface area (Å²) >= 11 is 3.98. The van der Waals surface area contributed by atoms with Crippen molar-refractivity contribution in [3.8, 4) is 0 Å². The van der Waals surface area contributed by atoms with Gasteiger partial charge in [-0.25, -0.2) is 9.97 Å². The Kier molecular flexibility index (Phi) is 2.36. The van der Waals surface area contributed by atoms with Gasteiger partial charge >= 0.3 is 0 Å². The Morgan fingerprint density at radius 3 is 2.89 bits per heavy atom. The molecule has 0 unspecified atom stereocenters. The first-order valence-electron chi connectivity index (χ1n) is 2.44. The maximum Gasteiger partial charge on any atom is 0.126 e. The van der Waals surface area contributed by atoms with Crippen molar-refractivity contribution >= 4 is 22.5 Å². The van der Waals surface area contributed by atoms with Gasteiger partial charge in [0.2, 0.25) is 0 Å². The summed E-state index contributed by atoms with van der Waals surface area (Å²) in [5, 5.41) is 0.894. The number of nitrogens with zero attached hydrogens (tertiary/aromatic N) is 2. The molecule has 0 bridgehead atoms. The molecule has 0 N–H and O–H groups in total. The average Bonchev–Trinajstić information content (AvgIpc) is 1.88. The molecular formula is C5H6N2S2. The summed E-state index contributed by atoms with van der Waals surface area (Å²) in [6.07, 6.45) is 1.72. The minimum Gasteiger partial charge on any atom is -0.242 e. The molecule has 48 valence electrons. The van der Waals surface area contributed by atoms with Gasteiger partial charge in [0.1, 0.15) is 10.9 Å². The van der Waals surface area contributed by atoms with Crippen LogP contribution in [-0.4, -0.2) is 9.97 Å². The maximum absolute atomic E-state index is 4.07. The average molecular weight is 158 g/mol. The Balaban J connectivity index is 2.94. The van der Waals surface area contributed by atoms with Crippen molar-refractivity contribution in [2.45, 2.75) is 11.9 Å². The molecule has 0 saturated carbocycles. The Morgan fingerprint density at radius 1 is 1.67 bits per heavy atom. The van der Waals surface area contributed by atoms with Crippen LogP contribution in [0.5, 0.6) is 0 Å². The van der Waals surface area contributed by atoms with E-state index in [2.05, 4.69) is 21.6 Å². The van der Waals surface area contributed by atoms with Gasteiger partial charge in [-0.05, 0) is 23.8 Å². The van der Waals surface area contributed by atoms with E-state index in [4.69, 9.17) is 0 Å². The van der Waals surface area contributed by atoms with E-state index in [1.165, 1.54) is 10.8 Å². The second-order valence-corrected chi connectivity index (χ2v) is 2.68. The van der Waals surface area contributed by atoms with Crippen LogP contribution in [0.3, 0.4) is 0 Å². The molecule has 4 heteroatoms. The first-order chi connectivity index (χ1) is 4.33. The molecule has 0 amide bonds. The quantitative estimate of drug-likeness (QED) is 0.383. The van der Waals surface area contributed by atoms with Gasteiger partial charge in [-0.1, -0.05) is 0 Å². The van der Waals surface area contributed by atoms with E-state index >= 15 is 0 Å². The smallest absolute Gasteiger partial charge is 0.126 e. The Bertz CT molecular complexity index is 202. The highest BCUT2D eigenvalue weighted by molar-refractivity contribution is 8.68. The van der Waals surface area contributed by atoms with E-state index in [0.717, 1.165) is 10.9 Å². The third-order valence-corrected chi connectivity index (χ3v) is 1.82. The van der Waals surface area contributed by atoms with Crippen LogP contribution in [0, 0.1) is 6.92 Å². The summed E-state index contributed by atoms with van der Waals surface area (Å²) in [6.45, 7) is 1.85. The molecule has 1 aromatic rings. The number of aryl methyl sites for hydroxylation is 1. The van der Waals surface area contributed by atoms with Crippen LogP contribution in [0.4, 0.5) is 0 Å². The van der Waals surface area contributed by atoms with Gasteiger partial charge in [-0.3, -0.25) is 0 Å². The van der Waals surface area contributed by atoms with Gasteiger partial charge in [0.15, 0.2) is 0 Å². The molecule has 0 fully saturated rings. The highest BCUT2D eigenvalue weighted by Gasteiger charge is 1.90. The molecule has 0 spiro atoms. The lowest BCUT2D eigenvalue weighted by Crippen LogP contribution is -1.85. The lowest BCUT2D eigenvalue weighted by Gasteiger charge is -1.92. The molecule has 1 rings (SSSR count). The molecule has 0 aliphatic heterocycles. The second-order valence-electron chi connectivity index (χ2n) is 1.53. The molecule has 0 aromatic carbocycles. The number of rotatable bonds is 1. The van der Waals surface area contributed by atoms with Crippen molar-refractivity contribution in [3.05, 3.63) is 18.1 Å². The minimum absolute atomic E-state index is 0.786. The molecule has 2 nitrogen and oxygen atoms in total. The van der Waals surface area contributed by atoms with E-state index in [1.54, 1.807) is 6.20 Å². The monoisotopic (exact) mass is 158 g/mol. The predicted octanol–water partition coefficient (Wildman–Crippen LogP) is 1.72. The van der Waals surface area contributed by atoms with E-state index in [1.807, 2.05) is 13.0 Å². The van der Waals surface area contributed by atoms with E-state index < -0.39 is 0 Å². The van der Waals surface area contributed by atoms with Crippen LogP contribution in [0.25, 0.3) is 0 Å². The zero-order chi connectivity index (χ0) is 6.69. The summed E-state index contributed by atoms with van der Waals surface area (Å²) in [7, 11) is 1.33. The second kappa shape index (κ2) is 3.08. The number of hydrogen-bond acceptors (Lipinski definition) is 4. The van der Waals surface area contributed by atoms with Gasteiger partial charge in [0.05, 0.1) is 0 Å². The fourth-order valence-electron chi connectivity index (χ4n) is 0.485. The Hall–Kier alpha value is -0.220. The number of aromatic nitrogens is 2. The van der Waals surface area contributed by atoms with Gasteiger partial charge < -0.3 is 0 Å². The highest BCUT2D eigenvalue weighted by Crippen LogP contribution is 2.16. The van der Waals surface area contributed by atoms with Gasteiger partial charge in [-0.2, -0.15) is 0 Å². The third-order valence-electron chi connectivity index (χ3n) is 0.844. The molecule has 0 radical (unpaired) electrons. The van der Waals surface area contributed by atoms with Crippen LogP contribution in [0.2, 0.25) is 0 Å². The van der Waals surface area contributed by atoms with Gasteiger partial charge in [0.25, 0.3) is 0 Å². The molecule has 1 aromatic heterocycles. The molecule has 0 aliphatic carbocycles. The summed E-state index contributed by atoms with van der Waals surface area (Å²) in [5.74, 6) is 0.786. The van der Waals surface area contributed by atoms with E-state index in [0.29, 0.717) is 0 Å². The topological polar surface area (TPSA) is 25.8 Å². The molecule has 0 saturated heterocycles. The lowest BCUT2D eigenvalue weighted by atomic mass is 10.6. The van der Waals surface area contributed by atoms with Crippen molar-refractivity contribution < 1.29 is 0 Å². The minimum atomic E-state index is 0.786. The molecule has 0 aliphatic rings. The Morgan fingerprint density at radius 2 is 2.44 bits per heavy atom. The molecular weight excluding hydrogens is 152 g/mol. The fourth-order valence-corrected chi connectivity index (χ4v) is 1.09. The molecule has 9 heavy (non-hydrogen) atoms. The zero-order valence-corrected chi connectivity index (χ0v) is 6.62. The van der Waals surface area contributed by atoms with Crippen LogP contribution in [0.1, 0.15) is 5.82 Å². The number of thiol groups is 1. The SMILES string of the molecule is Cc1nccc(SS)n1. The van der Waals surface area contributed by atoms with E-state index in [-0.39, 0.29) is 0 Å². The zero-order valence-electron chi connectivity index (χ0n) is 4.90. The largest absolute Gasteiger partial charge is 0.242 e. The van der Waals surface area contributed by atoms with Crippen LogP contribution in [-0.2, 0) is 0 Å². The van der Waals surface area contributed by atoms with Crippen molar-refractivity contribution in [2.75, 3.05) is 0 Å². The van der Waals surface area contributed by atoms with Crippen LogP contribution >= 0.6 is 22.5 Å². The highest BCUT2D eigenvalue weighted by atomic mass is 33.1. The summed E-state index contributed by atoms with van der Waals surface area (Å²) < 4.78 is 0. The lowest BCUT2D eigenvalue weighted by molar-refractivity contribution is 0.971. The maximum atomic E-state index is 4.07. The van der Waals surface area contributed by atoms with Crippen LogP contribution in [0.15, 0.2) is 17.3 Å². The molecule has 0 atom stereocenters. The molecule has 1 heterocycles. The van der Waals surface area contributed by atoms with Gasteiger partial charge in [-0.15, -0.1) is 11.7 Å². The summed E-state index contributed by atoms with van der Waals surface area (Å²) in [4.78, 5) is 8.00. The first kappa shape index (κ1) is 6.89. The third kappa shape index (κ3) is 1.87. The summed E-state index contributed by atoms with van der Waals surface area (Å²) in [6, 6.07) is 1.82. The summed E-state index contributed by atoms with van der Waals surface area (Å²) in [5.41, 5.74) is 0. The van der Waals surface area contributed by atoms with Gasteiger partial charge in [0, 0.05) is 6.20 Å². The van der Waals surface area contributed by atoms with Crippen molar-refractivity contribution in [1.29, 1.82) is 0 Å².